The van der Waals surface area contributed by atoms with E-state index in [2.05, 4.69) is 4.90 Å². The Kier molecular flexibility index (Phi) is 4.37. The van der Waals surface area contributed by atoms with Crippen molar-refractivity contribution in [1.29, 1.82) is 0 Å². The summed E-state index contributed by atoms with van der Waals surface area (Å²) in [6.07, 6.45) is 6.59. The molecule has 0 spiro atoms. The van der Waals surface area contributed by atoms with Crippen LogP contribution in [0.3, 0.4) is 0 Å². The molecule has 0 bridgehead atoms. The van der Waals surface area contributed by atoms with E-state index in [0.29, 0.717) is 12.0 Å². The predicted octanol–water partition coefficient (Wildman–Crippen LogP) is 3.57. The molecule has 0 amide bonds. The molecule has 3 rings (SSSR count). The van der Waals surface area contributed by atoms with E-state index in [4.69, 9.17) is 4.74 Å². The normalized spacial score (nSPS) is 31.6. The Bertz CT molecular complexity index is 425. The highest BCUT2D eigenvalue weighted by molar-refractivity contribution is 5.21. The average Bonchev–Trinajstić information content (AvgIpc) is 2.97. The molecule has 1 atom stereocenters. The molecule has 110 valence electrons. The van der Waals surface area contributed by atoms with Crippen LogP contribution >= 0.6 is 0 Å². The molecule has 1 unspecified atom stereocenters. The second kappa shape index (κ2) is 6.23. The minimum absolute atomic E-state index is 0.134. The summed E-state index contributed by atoms with van der Waals surface area (Å²) in [5.74, 6) is 0.484. The summed E-state index contributed by atoms with van der Waals surface area (Å²) in [6, 6.07) is 7.82. The molecular formula is C17H24FNO. The van der Waals surface area contributed by atoms with E-state index in [0.717, 1.165) is 12.6 Å². The largest absolute Gasteiger partial charge is 0.380 e. The maximum atomic E-state index is 13.0. The molecule has 0 aromatic heterocycles. The monoisotopic (exact) mass is 277 g/mol. The highest BCUT2D eigenvalue weighted by Gasteiger charge is 2.31. The number of methoxy groups -OCH3 is 1. The number of likely N-dealkylation sites (tertiary alicyclic amines) is 1. The van der Waals surface area contributed by atoms with Gasteiger partial charge in [-0.05, 0) is 55.7 Å². The van der Waals surface area contributed by atoms with E-state index in [9.17, 15) is 4.39 Å². The number of benzene rings is 1. The number of rotatable bonds is 3. The standard InChI is InChI=1S/C17H24FNO/c1-20-17-10-11-19(12-17)16-8-4-14(5-9-16)13-2-6-15(18)7-3-13/h2-3,6-7,14,16-17H,4-5,8-12H2,1H3. The quantitative estimate of drug-likeness (QED) is 0.837. The van der Waals surface area contributed by atoms with Crippen LogP contribution in [-0.4, -0.2) is 37.2 Å². The number of halogens is 1. The molecule has 1 aromatic rings. The molecule has 1 saturated carbocycles. The molecule has 2 fully saturated rings. The van der Waals surface area contributed by atoms with Crippen LogP contribution in [0.5, 0.6) is 0 Å². The lowest BCUT2D eigenvalue weighted by Crippen LogP contribution is -2.36. The second-order valence-corrected chi connectivity index (χ2v) is 6.20. The fraction of sp³-hybridized carbons (Fsp3) is 0.647. The van der Waals surface area contributed by atoms with Crippen LogP contribution in [0.25, 0.3) is 0 Å². The minimum Gasteiger partial charge on any atom is -0.380 e. The van der Waals surface area contributed by atoms with Gasteiger partial charge in [0.25, 0.3) is 0 Å². The van der Waals surface area contributed by atoms with E-state index in [1.807, 2.05) is 19.2 Å². The molecule has 1 aliphatic carbocycles. The van der Waals surface area contributed by atoms with Gasteiger partial charge in [0.2, 0.25) is 0 Å². The van der Waals surface area contributed by atoms with Gasteiger partial charge in [-0.3, -0.25) is 4.90 Å². The third-order valence-electron chi connectivity index (χ3n) is 5.06. The molecule has 1 aliphatic heterocycles. The van der Waals surface area contributed by atoms with Crippen LogP contribution in [0.1, 0.15) is 43.6 Å². The van der Waals surface area contributed by atoms with E-state index >= 15 is 0 Å². The van der Waals surface area contributed by atoms with Crippen molar-refractivity contribution in [1.82, 2.24) is 4.90 Å². The van der Waals surface area contributed by atoms with E-state index in [-0.39, 0.29) is 5.82 Å². The maximum absolute atomic E-state index is 13.0. The third-order valence-corrected chi connectivity index (χ3v) is 5.06. The van der Waals surface area contributed by atoms with Crippen molar-refractivity contribution in [3.63, 3.8) is 0 Å². The first kappa shape index (κ1) is 14.0. The van der Waals surface area contributed by atoms with E-state index < -0.39 is 0 Å². The van der Waals surface area contributed by atoms with Gasteiger partial charge < -0.3 is 4.74 Å². The molecule has 1 saturated heterocycles. The first-order chi connectivity index (χ1) is 9.76. The Balaban J connectivity index is 1.53. The minimum atomic E-state index is -0.134. The SMILES string of the molecule is COC1CCN(C2CCC(c3ccc(F)cc3)CC2)C1. The van der Waals surface area contributed by atoms with Crippen LogP contribution in [0.15, 0.2) is 24.3 Å². The highest BCUT2D eigenvalue weighted by Crippen LogP contribution is 2.35. The summed E-state index contributed by atoms with van der Waals surface area (Å²) < 4.78 is 18.4. The molecular weight excluding hydrogens is 253 g/mol. The first-order valence-corrected chi connectivity index (χ1v) is 7.78. The predicted molar refractivity (Wildman–Crippen MR) is 78.4 cm³/mol. The summed E-state index contributed by atoms with van der Waals surface area (Å²) in [4.78, 5) is 2.61. The molecule has 0 N–H and O–H groups in total. The van der Waals surface area contributed by atoms with E-state index in [1.54, 1.807) is 12.1 Å². The first-order valence-electron chi connectivity index (χ1n) is 7.78. The van der Waals surface area contributed by atoms with Gasteiger partial charge in [-0.2, -0.15) is 0 Å². The Morgan fingerprint density at radius 1 is 1.05 bits per heavy atom. The van der Waals surface area contributed by atoms with Crippen LogP contribution < -0.4 is 0 Å². The van der Waals surface area contributed by atoms with Crippen molar-refractivity contribution in [3.05, 3.63) is 35.6 Å². The molecule has 0 radical (unpaired) electrons. The summed E-state index contributed by atoms with van der Waals surface area (Å²) in [5.41, 5.74) is 1.31. The lowest BCUT2D eigenvalue weighted by Gasteiger charge is -2.34. The van der Waals surface area contributed by atoms with Crippen LogP contribution in [-0.2, 0) is 4.74 Å². The van der Waals surface area contributed by atoms with Crippen molar-refractivity contribution in [3.8, 4) is 0 Å². The third kappa shape index (κ3) is 3.04. The van der Waals surface area contributed by atoms with Crippen LogP contribution in [0.2, 0.25) is 0 Å². The molecule has 20 heavy (non-hydrogen) atoms. The van der Waals surface area contributed by atoms with Crippen molar-refractivity contribution >= 4 is 0 Å². The topological polar surface area (TPSA) is 12.5 Å². The Morgan fingerprint density at radius 3 is 2.35 bits per heavy atom. The second-order valence-electron chi connectivity index (χ2n) is 6.20. The molecule has 1 aromatic carbocycles. The van der Waals surface area contributed by atoms with Gasteiger partial charge in [0.15, 0.2) is 0 Å². The summed E-state index contributed by atoms with van der Waals surface area (Å²) in [5, 5.41) is 0. The van der Waals surface area contributed by atoms with Crippen molar-refractivity contribution in [2.75, 3.05) is 20.2 Å². The maximum Gasteiger partial charge on any atom is 0.123 e. The van der Waals surface area contributed by atoms with Gasteiger partial charge in [0.05, 0.1) is 6.10 Å². The molecule has 2 nitrogen and oxygen atoms in total. The number of hydrogen-bond donors (Lipinski definition) is 0. The molecule has 2 aliphatic rings. The molecule has 1 heterocycles. The van der Waals surface area contributed by atoms with Crippen LogP contribution in [0.4, 0.5) is 4.39 Å². The lowest BCUT2D eigenvalue weighted by molar-refractivity contribution is 0.0942. The Morgan fingerprint density at radius 2 is 1.75 bits per heavy atom. The Labute approximate surface area is 120 Å². The summed E-state index contributed by atoms with van der Waals surface area (Å²) in [6.45, 7) is 2.28. The van der Waals surface area contributed by atoms with Gasteiger partial charge in [-0.1, -0.05) is 12.1 Å². The highest BCUT2D eigenvalue weighted by atomic mass is 19.1. The van der Waals surface area contributed by atoms with E-state index in [1.165, 1.54) is 44.2 Å². The fourth-order valence-electron chi connectivity index (χ4n) is 3.79. The number of ether oxygens (including phenoxy) is 1. The van der Waals surface area contributed by atoms with Gasteiger partial charge in [-0.25, -0.2) is 4.39 Å². The Hall–Kier alpha value is -0.930. The van der Waals surface area contributed by atoms with Crippen molar-refractivity contribution in [2.24, 2.45) is 0 Å². The van der Waals surface area contributed by atoms with Gasteiger partial charge >= 0.3 is 0 Å². The van der Waals surface area contributed by atoms with Crippen LogP contribution in [0, 0.1) is 5.82 Å². The zero-order chi connectivity index (χ0) is 13.9. The molecule has 3 heteroatoms. The summed E-state index contributed by atoms with van der Waals surface area (Å²) in [7, 11) is 1.82. The zero-order valence-corrected chi connectivity index (χ0v) is 12.2. The van der Waals surface area contributed by atoms with Gasteiger partial charge in [0.1, 0.15) is 5.82 Å². The fourth-order valence-corrected chi connectivity index (χ4v) is 3.79. The van der Waals surface area contributed by atoms with Gasteiger partial charge in [0, 0.05) is 26.2 Å². The summed E-state index contributed by atoms with van der Waals surface area (Å²) >= 11 is 0. The zero-order valence-electron chi connectivity index (χ0n) is 12.2. The number of hydrogen-bond acceptors (Lipinski definition) is 2. The van der Waals surface area contributed by atoms with Crippen molar-refractivity contribution < 1.29 is 9.13 Å². The number of nitrogens with zero attached hydrogens (tertiary/aromatic N) is 1. The average molecular weight is 277 g/mol. The smallest absolute Gasteiger partial charge is 0.123 e. The lowest BCUT2D eigenvalue weighted by atomic mass is 9.81. The van der Waals surface area contributed by atoms with Gasteiger partial charge in [-0.15, -0.1) is 0 Å². The van der Waals surface area contributed by atoms with Crippen molar-refractivity contribution in [2.45, 2.75) is 50.2 Å².